The fraction of sp³-hybridized carbons (Fsp3) is 0.917. The van der Waals surface area contributed by atoms with E-state index in [1.165, 1.54) is 6.92 Å². The Morgan fingerprint density at radius 2 is 1.31 bits per heavy atom. The number of hydrogen-bond donors (Lipinski definition) is 2. The van der Waals surface area contributed by atoms with Crippen molar-refractivity contribution in [2.75, 3.05) is 0 Å². The van der Waals surface area contributed by atoms with Crippen molar-refractivity contribution in [3.8, 4) is 0 Å². The van der Waals surface area contributed by atoms with Crippen LogP contribution in [0.2, 0.25) is 0 Å². The molecule has 0 saturated heterocycles. The molecular formula is C24H40O5. The summed E-state index contributed by atoms with van der Waals surface area (Å²) in [6.45, 7) is 9.55. The van der Waals surface area contributed by atoms with Gasteiger partial charge in [0, 0.05) is 10.8 Å². The van der Waals surface area contributed by atoms with Crippen molar-refractivity contribution < 1.29 is 24.5 Å². The number of esters is 1. The molecule has 4 aliphatic carbocycles. The molecule has 0 aromatic heterocycles. The molecule has 29 heavy (non-hydrogen) atoms. The summed E-state index contributed by atoms with van der Waals surface area (Å²) in [6, 6.07) is 0. The summed E-state index contributed by atoms with van der Waals surface area (Å²) in [4.78, 5) is 24.0. The molecule has 2 N–H and O–H groups in total. The van der Waals surface area contributed by atoms with E-state index < -0.39 is 22.8 Å². The van der Waals surface area contributed by atoms with Gasteiger partial charge in [0.1, 0.15) is 17.8 Å². The minimum Gasteiger partial charge on any atom is -0.459 e. The van der Waals surface area contributed by atoms with E-state index in [0.717, 1.165) is 25.7 Å². The summed E-state index contributed by atoms with van der Waals surface area (Å²) in [5.74, 6) is -0.329. The van der Waals surface area contributed by atoms with Crippen molar-refractivity contribution in [3.63, 3.8) is 0 Å². The Morgan fingerprint density at radius 3 is 1.69 bits per heavy atom. The van der Waals surface area contributed by atoms with E-state index in [1.807, 2.05) is 27.7 Å². The average molecular weight is 409 g/mol. The van der Waals surface area contributed by atoms with E-state index in [1.54, 1.807) is 0 Å². The van der Waals surface area contributed by atoms with Gasteiger partial charge < -0.3 is 14.9 Å². The van der Waals surface area contributed by atoms with Gasteiger partial charge in [0.05, 0.1) is 11.2 Å². The maximum absolute atomic E-state index is 12.6. The molecule has 0 radical (unpaired) electrons. The van der Waals surface area contributed by atoms with E-state index in [9.17, 15) is 19.8 Å². The highest BCUT2D eigenvalue weighted by Gasteiger charge is 2.72. The first kappa shape index (κ1) is 22.7. The highest BCUT2D eigenvalue weighted by atomic mass is 16.6. The lowest BCUT2D eigenvalue weighted by Crippen LogP contribution is -2.71. The Morgan fingerprint density at radius 1 is 0.862 bits per heavy atom. The van der Waals surface area contributed by atoms with Gasteiger partial charge in [-0.05, 0) is 77.0 Å². The fourth-order valence-corrected chi connectivity index (χ4v) is 7.98. The molecule has 4 rings (SSSR count). The topological polar surface area (TPSA) is 83.8 Å². The quantitative estimate of drug-likeness (QED) is 0.438. The molecule has 5 heteroatoms. The van der Waals surface area contributed by atoms with E-state index in [0.29, 0.717) is 44.4 Å². The molecule has 4 bridgehead atoms. The molecule has 0 heterocycles. The number of Topliss-reactive ketones (excluding diaryl/α,β-unsaturated/α-hetero) is 1. The zero-order valence-corrected chi connectivity index (χ0v) is 19.0. The molecule has 0 spiro atoms. The molecule has 0 aromatic rings. The van der Waals surface area contributed by atoms with Crippen molar-refractivity contribution in [1.29, 1.82) is 0 Å². The largest absolute Gasteiger partial charge is 0.459 e. The number of ether oxygens (including phenoxy) is 1. The van der Waals surface area contributed by atoms with Crippen LogP contribution in [0.25, 0.3) is 0 Å². The zero-order chi connectivity index (χ0) is 21.7. The van der Waals surface area contributed by atoms with Crippen molar-refractivity contribution in [3.05, 3.63) is 0 Å². The molecule has 5 nitrogen and oxygen atoms in total. The lowest BCUT2D eigenvalue weighted by molar-refractivity contribution is -0.298. The SMILES string of the molecule is CCC(O)(CC)C12CC3CC(OC(=O)CC(C)=O)(C1)CC(C(O)(CC)CC)(C3)C2. The number of carbonyl (C=O) groups excluding carboxylic acids is 2. The number of hydrogen-bond acceptors (Lipinski definition) is 5. The Labute approximate surface area is 175 Å². The van der Waals surface area contributed by atoms with Crippen molar-refractivity contribution >= 4 is 11.8 Å². The zero-order valence-electron chi connectivity index (χ0n) is 19.0. The third kappa shape index (κ3) is 3.37. The monoisotopic (exact) mass is 408 g/mol. The van der Waals surface area contributed by atoms with Crippen molar-refractivity contribution in [2.45, 2.75) is 122 Å². The fourth-order valence-electron chi connectivity index (χ4n) is 7.98. The van der Waals surface area contributed by atoms with Crippen LogP contribution in [0.5, 0.6) is 0 Å². The molecule has 0 amide bonds. The first-order chi connectivity index (χ1) is 13.5. The standard InChI is InChI=1S/C24H40O5/c1-6-23(27,7-2)20-11-18-12-21(14-20,24(28,8-3)9-4)16-22(13-18,15-20)29-19(26)10-17(5)25/h18,27-28H,6-16H2,1-5H3. The van der Waals surface area contributed by atoms with E-state index in [-0.39, 0.29) is 23.0 Å². The summed E-state index contributed by atoms with van der Waals surface area (Å²) >= 11 is 0. The van der Waals surface area contributed by atoms with Crippen molar-refractivity contribution in [1.82, 2.24) is 0 Å². The van der Waals surface area contributed by atoms with Gasteiger partial charge in [-0.1, -0.05) is 27.7 Å². The Hall–Kier alpha value is -0.940. The maximum atomic E-state index is 12.6. The Kier molecular flexibility index (Phi) is 5.75. The molecule has 4 saturated carbocycles. The van der Waals surface area contributed by atoms with Crippen LogP contribution in [0.3, 0.4) is 0 Å². The smallest absolute Gasteiger partial charge is 0.313 e. The molecule has 0 aliphatic heterocycles. The van der Waals surface area contributed by atoms with Gasteiger partial charge in [-0.2, -0.15) is 0 Å². The second-order valence-electron chi connectivity index (χ2n) is 10.6. The third-order valence-corrected chi connectivity index (χ3v) is 9.05. The average Bonchev–Trinajstić information content (AvgIpc) is 2.64. The summed E-state index contributed by atoms with van der Waals surface area (Å²) < 4.78 is 6.10. The molecule has 4 aliphatic rings. The predicted octanol–water partition coefficient (Wildman–Crippen LogP) is 4.32. The maximum Gasteiger partial charge on any atom is 0.313 e. The molecular weight excluding hydrogens is 368 g/mol. The summed E-state index contributed by atoms with van der Waals surface area (Å²) in [7, 11) is 0. The first-order valence-electron chi connectivity index (χ1n) is 11.6. The molecule has 2 atom stereocenters. The van der Waals surface area contributed by atoms with Gasteiger partial charge in [-0.3, -0.25) is 9.59 Å². The Balaban J connectivity index is 2.09. The van der Waals surface area contributed by atoms with Crippen molar-refractivity contribution in [2.24, 2.45) is 16.7 Å². The van der Waals surface area contributed by atoms with Gasteiger partial charge in [0.2, 0.25) is 0 Å². The minimum absolute atomic E-state index is 0.193. The van der Waals surface area contributed by atoms with Crippen LogP contribution >= 0.6 is 0 Å². The highest BCUT2D eigenvalue weighted by Crippen LogP contribution is 2.73. The predicted molar refractivity (Wildman–Crippen MR) is 111 cm³/mol. The highest BCUT2D eigenvalue weighted by molar-refractivity contribution is 5.94. The van der Waals surface area contributed by atoms with E-state index in [2.05, 4.69) is 0 Å². The number of carbonyl (C=O) groups is 2. The van der Waals surface area contributed by atoms with Gasteiger partial charge in [0.25, 0.3) is 0 Å². The van der Waals surface area contributed by atoms with Crippen LogP contribution < -0.4 is 0 Å². The minimum atomic E-state index is -0.835. The number of rotatable bonds is 9. The van der Waals surface area contributed by atoms with E-state index >= 15 is 0 Å². The lowest BCUT2D eigenvalue weighted by atomic mass is 9.36. The Bertz CT molecular complexity index is 626. The second-order valence-corrected chi connectivity index (χ2v) is 10.6. The lowest BCUT2D eigenvalue weighted by Gasteiger charge is -2.71. The molecule has 4 fully saturated rings. The van der Waals surface area contributed by atoms with Crippen LogP contribution in [0.1, 0.15) is 105 Å². The molecule has 2 unspecified atom stereocenters. The number of ketones is 1. The van der Waals surface area contributed by atoms with Crippen LogP contribution in [0, 0.1) is 16.7 Å². The molecule has 166 valence electrons. The van der Waals surface area contributed by atoms with Gasteiger partial charge in [-0.25, -0.2) is 0 Å². The van der Waals surface area contributed by atoms with Crippen LogP contribution in [-0.4, -0.2) is 38.8 Å². The molecule has 0 aromatic carbocycles. The number of aliphatic hydroxyl groups is 2. The van der Waals surface area contributed by atoms with Crippen LogP contribution in [-0.2, 0) is 14.3 Å². The van der Waals surface area contributed by atoms with Gasteiger partial charge >= 0.3 is 5.97 Å². The van der Waals surface area contributed by atoms with E-state index in [4.69, 9.17) is 4.74 Å². The first-order valence-corrected chi connectivity index (χ1v) is 11.6. The van der Waals surface area contributed by atoms with Crippen LogP contribution in [0.4, 0.5) is 0 Å². The van der Waals surface area contributed by atoms with Gasteiger partial charge in [-0.15, -0.1) is 0 Å². The van der Waals surface area contributed by atoms with Gasteiger partial charge in [0.15, 0.2) is 0 Å². The summed E-state index contributed by atoms with van der Waals surface area (Å²) in [5, 5.41) is 23.5. The normalized spacial score (nSPS) is 36.3. The third-order valence-electron chi connectivity index (χ3n) is 9.05. The van der Waals surface area contributed by atoms with Crippen LogP contribution in [0.15, 0.2) is 0 Å². The summed E-state index contributed by atoms with van der Waals surface area (Å²) in [6.07, 6.45) is 7.13. The summed E-state index contributed by atoms with van der Waals surface area (Å²) in [5.41, 5.74) is -3.06. The second kappa shape index (κ2) is 7.33.